The molecule has 0 unspecified atom stereocenters. The summed E-state index contributed by atoms with van der Waals surface area (Å²) in [6.45, 7) is 3.48. The van der Waals surface area contributed by atoms with Gasteiger partial charge in [-0.05, 0) is 31.4 Å². The number of hydrogen-bond acceptors (Lipinski definition) is 7. The van der Waals surface area contributed by atoms with Crippen molar-refractivity contribution >= 4 is 15.9 Å². The topological polar surface area (TPSA) is 112 Å². The van der Waals surface area contributed by atoms with Crippen LogP contribution >= 0.6 is 0 Å². The molecule has 2 rings (SSSR count). The van der Waals surface area contributed by atoms with Gasteiger partial charge in [0.15, 0.2) is 11.5 Å². The van der Waals surface area contributed by atoms with Crippen LogP contribution in [0.25, 0.3) is 0 Å². The second-order valence-corrected chi connectivity index (χ2v) is 8.59. The predicted octanol–water partition coefficient (Wildman–Crippen LogP) is 1.47. The van der Waals surface area contributed by atoms with Crippen LogP contribution in [0.1, 0.15) is 32.1 Å². The molecule has 1 amide bonds. The van der Waals surface area contributed by atoms with E-state index >= 15 is 0 Å². The van der Waals surface area contributed by atoms with Gasteiger partial charge in [-0.2, -0.15) is 0 Å². The largest absolute Gasteiger partial charge is 0.486 e. The van der Waals surface area contributed by atoms with Crippen molar-refractivity contribution in [3.8, 4) is 11.5 Å². The van der Waals surface area contributed by atoms with Crippen LogP contribution in [-0.2, 0) is 24.3 Å². The maximum atomic E-state index is 12.4. The molecule has 9 nitrogen and oxygen atoms in total. The number of benzene rings is 1. The average Bonchev–Trinajstić information content (AvgIpc) is 2.75. The van der Waals surface area contributed by atoms with E-state index in [2.05, 4.69) is 10.0 Å². The van der Waals surface area contributed by atoms with Crippen LogP contribution in [0.2, 0.25) is 0 Å². The molecule has 0 fully saturated rings. The molecular formula is C20H32N2O7S. The van der Waals surface area contributed by atoms with Gasteiger partial charge in [0.25, 0.3) is 0 Å². The van der Waals surface area contributed by atoms with Crippen molar-refractivity contribution in [3.05, 3.63) is 18.2 Å². The van der Waals surface area contributed by atoms with Crippen LogP contribution in [0.5, 0.6) is 11.5 Å². The summed E-state index contributed by atoms with van der Waals surface area (Å²) in [7, 11) is -1.98. The van der Waals surface area contributed by atoms with E-state index in [-0.39, 0.29) is 10.8 Å². The molecule has 1 heterocycles. The van der Waals surface area contributed by atoms with E-state index in [0.717, 1.165) is 12.8 Å². The monoisotopic (exact) mass is 444 g/mol. The van der Waals surface area contributed by atoms with Gasteiger partial charge >= 0.3 is 0 Å². The fourth-order valence-electron chi connectivity index (χ4n) is 2.80. The Bertz CT molecular complexity index is 756. The number of carbonyl (C=O) groups is 1. The first-order valence-corrected chi connectivity index (χ1v) is 11.7. The lowest BCUT2D eigenvalue weighted by molar-refractivity contribution is -0.121. The summed E-state index contributed by atoms with van der Waals surface area (Å²) in [6.07, 6.45) is 3.32. The van der Waals surface area contributed by atoms with Crippen molar-refractivity contribution in [2.24, 2.45) is 0 Å². The molecule has 0 aliphatic carbocycles. The lowest BCUT2D eigenvalue weighted by Crippen LogP contribution is -2.26. The molecular weight excluding hydrogens is 412 g/mol. The minimum absolute atomic E-state index is 0.00347. The molecule has 0 atom stereocenters. The number of ether oxygens (including phenoxy) is 4. The summed E-state index contributed by atoms with van der Waals surface area (Å²) in [5.41, 5.74) is 0. The van der Waals surface area contributed by atoms with Crippen LogP contribution in [0.3, 0.4) is 0 Å². The van der Waals surface area contributed by atoms with Crippen LogP contribution in [0.4, 0.5) is 0 Å². The number of unbranched alkanes of at least 4 members (excludes halogenated alkanes) is 2. The number of methoxy groups -OCH3 is 1. The SMILES string of the molecule is COCCOCCCNC(=O)CCCCCNS(=O)(=O)c1ccc2c(c1)OCCO2. The zero-order chi connectivity index (χ0) is 21.7. The number of hydrogen-bond donors (Lipinski definition) is 2. The molecule has 0 saturated carbocycles. The molecule has 2 N–H and O–H groups in total. The van der Waals surface area contributed by atoms with Gasteiger partial charge < -0.3 is 24.3 Å². The Labute approximate surface area is 178 Å². The van der Waals surface area contributed by atoms with Crippen molar-refractivity contribution in [3.63, 3.8) is 0 Å². The zero-order valence-corrected chi connectivity index (χ0v) is 18.3. The second-order valence-electron chi connectivity index (χ2n) is 6.82. The first-order chi connectivity index (χ1) is 14.5. The van der Waals surface area contributed by atoms with Gasteiger partial charge in [-0.15, -0.1) is 0 Å². The Morgan fingerprint density at radius 1 is 1.00 bits per heavy atom. The van der Waals surface area contributed by atoms with Gasteiger partial charge in [0.2, 0.25) is 15.9 Å². The van der Waals surface area contributed by atoms with Crippen molar-refractivity contribution in [1.29, 1.82) is 0 Å². The molecule has 1 aromatic carbocycles. The minimum Gasteiger partial charge on any atom is -0.486 e. The highest BCUT2D eigenvalue weighted by Gasteiger charge is 2.18. The number of amides is 1. The number of carbonyl (C=O) groups excluding carboxylic acids is 1. The van der Waals surface area contributed by atoms with E-state index in [0.29, 0.717) is 76.9 Å². The lowest BCUT2D eigenvalue weighted by atomic mass is 10.2. The van der Waals surface area contributed by atoms with Gasteiger partial charge in [-0.1, -0.05) is 6.42 Å². The molecule has 1 aromatic rings. The summed E-state index contributed by atoms with van der Waals surface area (Å²) < 4.78 is 48.4. The highest BCUT2D eigenvalue weighted by atomic mass is 32.2. The quantitative estimate of drug-likeness (QED) is 0.394. The molecule has 0 spiro atoms. The molecule has 30 heavy (non-hydrogen) atoms. The smallest absolute Gasteiger partial charge is 0.240 e. The Morgan fingerprint density at radius 2 is 1.80 bits per heavy atom. The number of nitrogens with one attached hydrogen (secondary N) is 2. The normalized spacial score (nSPS) is 13.2. The Balaban J connectivity index is 1.54. The van der Waals surface area contributed by atoms with Crippen molar-refractivity contribution in [2.75, 3.05) is 53.2 Å². The van der Waals surface area contributed by atoms with Gasteiger partial charge in [0.1, 0.15) is 13.2 Å². The molecule has 0 aromatic heterocycles. The van der Waals surface area contributed by atoms with Crippen molar-refractivity contribution < 1.29 is 32.2 Å². The molecule has 0 bridgehead atoms. The highest BCUT2D eigenvalue weighted by molar-refractivity contribution is 7.89. The van der Waals surface area contributed by atoms with Gasteiger partial charge in [0.05, 0.1) is 18.1 Å². The number of rotatable bonds is 15. The molecule has 1 aliphatic heterocycles. The van der Waals surface area contributed by atoms with E-state index in [4.69, 9.17) is 18.9 Å². The van der Waals surface area contributed by atoms with Gasteiger partial charge in [-0.3, -0.25) is 4.79 Å². The minimum atomic E-state index is -3.61. The third kappa shape index (κ3) is 8.86. The summed E-state index contributed by atoms with van der Waals surface area (Å²) in [5.74, 6) is 0.998. The van der Waals surface area contributed by atoms with Crippen LogP contribution in [0, 0.1) is 0 Å². The number of fused-ring (bicyclic) bond motifs is 1. The van der Waals surface area contributed by atoms with E-state index in [9.17, 15) is 13.2 Å². The fraction of sp³-hybridized carbons (Fsp3) is 0.650. The summed E-state index contributed by atoms with van der Waals surface area (Å²) in [6, 6.07) is 4.58. The maximum absolute atomic E-state index is 12.4. The fourth-order valence-corrected chi connectivity index (χ4v) is 3.89. The van der Waals surface area contributed by atoms with Gasteiger partial charge in [-0.25, -0.2) is 13.1 Å². The van der Waals surface area contributed by atoms with Crippen LogP contribution in [0.15, 0.2) is 23.1 Å². The third-order valence-electron chi connectivity index (χ3n) is 4.42. The first kappa shape index (κ1) is 24.4. The highest BCUT2D eigenvalue weighted by Crippen LogP contribution is 2.32. The van der Waals surface area contributed by atoms with E-state index in [1.807, 2.05) is 0 Å². The third-order valence-corrected chi connectivity index (χ3v) is 5.87. The first-order valence-electron chi connectivity index (χ1n) is 10.3. The molecule has 0 radical (unpaired) electrons. The van der Waals surface area contributed by atoms with Crippen LogP contribution in [-0.4, -0.2) is 67.6 Å². The maximum Gasteiger partial charge on any atom is 0.240 e. The zero-order valence-electron chi connectivity index (χ0n) is 17.5. The Hall–Kier alpha value is -1.88. The van der Waals surface area contributed by atoms with Crippen LogP contribution < -0.4 is 19.5 Å². The predicted molar refractivity (Wildman–Crippen MR) is 111 cm³/mol. The van der Waals surface area contributed by atoms with E-state index in [1.165, 1.54) is 12.1 Å². The summed E-state index contributed by atoms with van der Waals surface area (Å²) >= 11 is 0. The Morgan fingerprint density at radius 3 is 2.60 bits per heavy atom. The molecule has 170 valence electrons. The van der Waals surface area contributed by atoms with E-state index in [1.54, 1.807) is 13.2 Å². The van der Waals surface area contributed by atoms with Crippen molar-refractivity contribution in [2.45, 2.75) is 37.0 Å². The van der Waals surface area contributed by atoms with Crippen molar-refractivity contribution in [1.82, 2.24) is 10.0 Å². The average molecular weight is 445 g/mol. The van der Waals surface area contributed by atoms with Gasteiger partial charge in [0, 0.05) is 39.3 Å². The molecule has 0 saturated heterocycles. The standard InChI is InChI=1S/C20H32N2O7S/c1-26-12-13-27-11-5-9-21-20(23)6-3-2-4-10-22-30(24,25)17-7-8-18-19(16-17)29-15-14-28-18/h7-8,16,22H,2-6,9-15H2,1H3,(H,21,23). The molecule has 1 aliphatic rings. The summed E-state index contributed by atoms with van der Waals surface area (Å²) in [5, 5.41) is 2.85. The lowest BCUT2D eigenvalue weighted by Gasteiger charge is -2.18. The number of sulfonamides is 1. The summed E-state index contributed by atoms with van der Waals surface area (Å²) in [4.78, 5) is 11.9. The van der Waals surface area contributed by atoms with E-state index < -0.39 is 10.0 Å². The second kappa shape index (κ2) is 13.4. The Kier molecular flexibility index (Phi) is 10.9. The molecule has 10 heteroatoms.